The van der Waals surface area contributed by atoms with Crippen LogP contribution in [-0.4, -0.2) is 16.8 Å². The van der Waals surface area contributed by atoms with Crippen molar-refractivity contribution in [2.24, 2.45) is 4.99 Å². The van der Waals surface area contributed by atoms with Gasteiger partial charge in [0.25, 0.3) is 5.69 Å². The second-order valence-electron chi connectivity index (χ2n) is 6.07. The Kier molecular flexibility index (Phi) is 5.17. The highest BCUT2D eigenvalue weighted by atomic mass is 32.1. The van der Waals surface area contributed by atoms with Crippen molar-refractivity contribution in [3.63, 3.8) is 0 Å². The molecule has 1 aromatic heterocycles. The van der Waals surface area contributed by atoms with Crippen molar-refractivity contribution >= 4 is 35.0 Å². The number of ether oxygens (including phenoxy) is 2. The summed E-state index contributed by atoms with van der Waals surface area (Å²) in [6.45, 7) is 0.281. The van der Waals surface area contributed by atoms with Crippen LogP contribution in [0.4, 0.5) is 5.69 Å². The smallest absolute Gasteiger partial charge is 0.363 e. The number of cyclic esters (lactones) is 1. The number of nitro benzene ring substituents is 1. The summed E-state index contributed by atoms with van der Waals surface area (Å²) in [7, 11) is 0. The lowest BCUT2D eigenvalue weighted by atomic mass is 10.1. The Hall–Kier alpha value is -3.78. The maximum atomic E-state index is 12.2. The lowest BCUT2D eigenvalue weighted by molar-refractivity contribution is -0.384. The number of esters is 1. The van der Waals surface area contributed by atoms with Crippen LogP contribution in [0.1, 0.15) is 16.0 Å². The minimum atomic E-state index is -0.617. The zero-order valence-corrected chi connectivity index (χ0v) is 15.8. The van der Waals surface area contributed by atoms with E-state index < -0.39 is 10.9 Å². The summed E-state index contributed by atoms with van der Waals surface area (Å²) in [6, 6.07) is 17.4. The molecule has 144 valence electrons. The van der Waals surface area contributed by atoms with E-state index in [1.807, 2.05) is 41.8 Å². The molecule has 0 radical (unpaired) electrons. The SMILES string of the molecule is O=C1OC(c2cccs2)=NC1=Cc1cc([N+](=O)[O-])ccc1OCc1ccccc1. The Morgan fingerprint density at radius 2 is 1.97 bits per heavy atom. The topological polar surface area (TPSA) is 91.0 Å². The summed E-state index contributed by atoms with van der Waals surface area (Å²) in [4.78, 5) is 27.8. The highest BCUT2D eigenvalue weighted by Gasteiger charge is 2.25. The van der Waals surface area contributed by atoms with E-state index in [4.69, 9.17) is 9.47 Å². The maximum absolute atomic E-state index is 12.2. The van der Waals surface area contributed by atoms with Crippen molar-refractivity contribution in [3.05, 3.63) is 97.9 Å². The number of carbonyl (C=O) groups is 1. The van der Waals surface area contributed by atoms with Gasteiger partial charge in [0.15, 0.2) is 5.70 Å². The van der Waals surface area contributed by atoms with Crippen LogP contribution in [0.5, 0.6) is 5.75 Å². The Bertz CT molecular complexity index is 1120. The van der Waals surface area contributed by atoms with Crippen LogP contribution in [-0.2, 0) is 16.1 Å². The van der Waals surface area contributed by atoms with Crippen molar-refractivity contribution in [2.45, 2.75) is 6.61 Å². The summed E-state index contributed by atoms with van der Waals surface area (Å²) in [5.74, 6) is 0.00174. The Labute approximate surface area is 169 Å². The van der Waals surface area contributed by atoms with Gasteiger partial charge in [-0.05, 0) is 29.2 Å². The van der Waals surface area contributed by atoms with E-state index in [1.54, 1.807) is 6.07 Å². The van der Waals surface area contributed by atoms with Gasteiger partial charge in [-0.3, -0.25) is 10.1 Å². The highest BCUT2D eigenvalue weighted by Crippen LogP contribution is 2.29. The molecule has 0 saturated carbocycles. The fourth-order valence-corrected chi connectivity index (χ4v) is 3.34. The van der Waals surface area contributed by atoms with Crippen LogP contribution in [0.2, 0.25) is 0 Å². The molecule has 0 unspecified atom stereocenters. The number of aliphatic imine (C=N–C) groups is 1. The van der Waals surface area contributed by atoms with Gasteiger partial charge in [0.2, 0.25) is 5.90 Å². The number of nitro groups is 1. The molecule has 1 aliphatic heterocycles. The maximum Gasteiger partial charge on any atom is 0.363 e. The molecule has 1 aliphatic rings. The van der Waals surface area contributed by atoms with Crippen molar-refractivity contribution < 1.29 is 19.2 Å². The summed E-state index contributed by atoms with van der Waals surface area (Å²) >= 11 is 1.40. The van der Waals surface area contributed by atoms with E-state index in [-0.39, 0.29) is 23.9 Å². The van der Waals surface area contributed by atoms with Crippen LogP contribution in [0, 0.1) is 10.1 Å². The van der Waals surface area contributed by atoms with Crippen molar-refractivity contribution in [3.8, 4) is 5.75 Å². The van der Waals surface area contributed by atoms with Gasteiger partial charge < -0.3 is 9.47 Å². The van der Waals surface area contributed by atoms with Gasteiger partial charge in [-0.1, -0.05) is 36.4 Å². The summed E-state index contributed by atoms with van der Waals surface area (Å²) < 4.78 is 11.1. The van der Waals surface area contributed by atoms with Gasteiger partial charge in [-0.25, -0.2) is 9.79 Å². The molecule has 29 heavy (non-hydrogen) atoms. The molecule has 3 aromatic rings. The third-order valence-electron chi connectivity index (χ3n) is 4.09. The summed E-state index contributed by atoms with van der Waals surface area (Å²) in [6.07, 6.45) is 1.44. The van der Waals surface area contributed by atoms with E-state index in [1.165, 1.54) is 35.6 Å². The van der Waals surface area contributed by atoms with Crippen molar-refractivity contribution in [1.82, 2.24) is 0 Å². The summed E-state index contributed by atoms with van der Waals surface area (Å²) in [5, 5.41) is 13.0. The number of nitrogens with zero attached hydrogens (tertiary/aromatic N) is 2. The number of benzene rings is 2. The predicted molar refractivity (Wildman–Crippen MR) is 109 cm³/mol. The summed E-state index contributed by atoms with van der Waals surface area (Å²) in [5.41, 5.74) is 1.26. The fraction of sp³-hybridized carbons (Fsp3) is 0.0476. The first kappa shape index (κ1) is 18.6. The molecule has 0 fully saturated rings. The van der Waals surface area contributed by atoms with Crippen molar-refractivity contribution in [2.75, 3.05) is 0 Å². The zero-order valence-electron chi connectivity index (χ0n) is 15.0. The van der Waals surface area contributed by atoms with Gasteiger partial charge in [0.1, 0.15) is 12.4 Å². The fourth-order valence-electron chi connectivity index (χ4n) is 2.69. The molecule has 0 aliphatic carbocycles. The van der Waals surface area contributed by atoms with E-state index in [2.05, 4.69) is 4.99 Å². The molecule has 0 N–H and O–H groups in total. The number of thiophene rings is 1. The van der Waals surface area contributed by atoms with E-state index in [0.29, 0.717) is 11.3 Å². The van der Waals surface area contributed by atoms with Gasteiger partial charge in [-0.2, -0.15) is 0 Å². The van der Waals surface area contributed by atoms with Gasteiger partial charge in [0.05, 0.1) is 9.80 Å². The monoisotopic (exact) mass is 406 g/mol. The van der Waals surface area contributed by atoms with Crippen LogP contribution in [0.25, 0.3) is 6.08 Å². The molecule has 0 saturated heterocycles. The molecule has 7 nitrogen and oxygen atoms in total. The number of carbonyl (C=O) groups excluding carboxylic acids is 1. The first-order chi connectivity index (χ1) is 14.1. The van der Waals surface area contributed by atoms with Crippen LogP contribution < -0.4 is 4.74 Å². The Morgan fingerprint density at radius 3 is 2.69 bits per heavy atom. The molecular weight excluding hydrogens is 392 g/mol. The molecule has 0 atom stereocenters. The molecule has 0 amide bonds. The van der Waals surface area contributed by atoms with Crippen molar-refractivity contribution in [1.29, 1.82) is 0 Å². The minimum Gasteiger partial charge on any atom is -0.488 e. The third-order valence-corrected chi connectivity index (χ3v) is 4.94. The second kappa shape index (κ2) is 8.07. The average Bonchev–Trinajstić information content (AvgIpc) is 3.38. The van der Waals surface area contributed by atoms with Gasteiger partial charge in [0, 0.05) is 17.7 Å². The molecule has 2 heterocycles. The third kappa shape index (κ3) is 4.22. The lowest BCUT2D eigenvalue weighted by Crippen LogP contribution is -2.03. The molecule has 2 aromatic carbocycles. The van der Waals surface area contributed by atoms with E-state index in [0.717, 1.165) is 10.4 Å². The quantitative estimate of drug-likeness (QED) is 0.259. The number of hydrogen-bond donors (Lipinski definition) is 0. The van der Waals surface area contributed by atoms with Gasteiger partial charge >= 0.3 is 5.97 Å². The molecule has 4 rings (SSSR count). The molecular formula is C21H14N2O5S. The van der Waals surface area contributed by atoms with E-state index >= 15 is 0 Å². The standard InChI is InChI=1S/C21H14N2O5S/c24-21-17(22-20(28-21)19-7-4-10-29-19)12-15-11-16(23(25)26)8-9-18(15)27-13-14-5-2-1-3-6-14/h1-12H,13H2. The lowest BCUT2D eigenvalue weighted by Gasteiger charge is -2.09. The molecule has 0 bridgehead atoms. The first-order valence-electron chi connectivity index (χ1n) is 8.62. The molecule has 0 spiro atoms. The Balaban J connectivity index is 1.67. The van der Waals surface area contributed by atoms with E-state index in [9.17, 15) is 14.9 Å². The zero-order chi connectivity index (χ0) is 20.2. The Morgan fingerprint density at radius 1 is 1.14 bits per heavy atom. The number of non-ortho nitro benzene ring substituents is 1. The predicted octanol–water partition coefficient (Wildman–Crippen LogP) is 4.58. The van der Waals surface area contributed by atoms with Crippen LogP contribution in [0.15, 0.2) is 76.7 Å². The molecule has 8 heteroatoms. The normalized spacial score (nSPS) is 14.6. The average molecular weight is 406 g/mol. The largest absolute Gasteiger partial charge is 0.488 e. The minimum absolute atomic E-state index is 0.0541. The first-order valence-corrected chi connectivity index (χ1v) is 9.50. The highest BCUT2D eigenvalue weighted by molar-refractivity contribution is 7.12. The van der Waals surface area contributed by atoms with Crippen LogP contribution >= 0.6 is 11.3 Å². The number of hydrogen-bond acceptors (Lipinski definition) is 7. The number of rotatable bonds is 6. The van der Waals surface area contributed by atoms with Crippen LogP contribution in [0.3, 0.4) is 0 Å². The van der Waals surface area contributed by atoms with Gasteiger partial charge in [-0.15, -0.1) is 11.3 Å². The second-order valence-corrected chi connectivity index (χ2v) is 7.01.